The molecule has 4 heterocycles. The summed E-state index contributed by atoms with van der Waals surface area (Å²) in [5.74, 6) is 2.61. The quantitative estimate of drug-likeness (QED) is 0.875. The van der Waals surface area contributed by atoms with Gasteiger partial charge in [0.2, 0.25) is 0 Å². The molecule has 0 spiro atoms. The van der Waals surface area contributed by atoms with Crippen molar-refractivity contribution >= 4 is 5.91 Å². The summed E-state index contributed by atoms with van der Waals surface area (Å²) in [6.45, 7) is 4.25. The molecule has 142 valence electrons. The third-order valence-electron chi connectivity index (χ3n) is 6.20. The summed E-state index contributed by atoms with van der Waals surface area (Å²) in [6.07, 6.45) is 6.41. The fraction of sp³-hybridized carbons (Fsp3) is 0.600. The summed E-state index contributed by atoms with van der Waals surface area (Å²) < 4.78 is 2.27. The van der Waals surface area contributed by atoms with E-state index in [1.165, 1.54) is 18.4 Å². The molecule has 0 atom stereocenters. The summed E-state index contributed by atoms with van der Waals surface area (Å²) in [5, 5.41) is 12.1. The average Bonchev–Trinajstić information content (AvgIpc) is 3.17. The minimum Gasteiger partial charge on any atom is -0.337 e. The number of piperidine rings is 1. The molecule has 2 aromatic rings. The molecule has 2 aliphatic heterocycles. The van der Waals surface area contributed by atoms with Crippen molar-refractivity contribution in [1.82, 2.24) is 30.0 Å². The second-order valence-corrected chi connectivity index (χ2v) is 7.88. The maximum atomic E-state index is 12.9. The van der Waals surface area contributed by atoms with Gasteiger partial charge in [-0.2, -0.15) is 0 Å². The van der Waals surface area contributed by atoms with Crippen molar-refractivity contribution in [3.05, 3.63) is 40.7 Å². The first-order valence-electron chi connectivity index (χ1n) is 10.2. The van der Waals surface area contributed by atoms with Gasteiger partial charge in [-0.15, -0.1) is 10.2 Å². The highest BCUT2D eigenvalue weighted by Gasteiger charge is 2.29. The summed E-state index contributed by atoms with van der Waals surface area (Å²) in [7, 11) is 0. The maximum Gasteiger partial charge on any atom is 0.272 e. The molecular weight excluding hydrogens is 340 g/mol. The predicted octanol–water partition coefficient (Wildman–Crippen LogP) is 1.67. The Morgan fingerprint density at radius 2 is 1.93 bits per heavy atom. The molecule has 3 aliphatic rings. The Morgan fingerprint density at radius 1 is 1.07 bits per heavy atom. The summed E-state index contributed by atoms with van der Waals surface area (Å²) in [5.41, 5.74) is 3.06. The first kappa shape index (κ1) is 16.9. The van der Waals surface area contributed by atoms with E-state index in [2.05, 4.69) is 26.1 Å². The standard InChI is InChI=1S/C20H26N6O/c27-20(17-6-5-14-3-1-2-4-16(14)22-17)25-10-7-15(8-11-25)19-24-23-18-13-21-9-12-26(18)19/h5-6,15,21H,1-4,7-13H2. The number of aryl methyl sites for hydroxylation is 2. The first-order valence-corrected chi connectivity index (χ1v) is 10.2. The molecule has 0 unspecified atom stereocenters. The van der Waals surface area contributed by atoms with Crippen LogP contribution in [0.25, 0.3) is 0 Å². The van der Waals surface area contributed by atoms with Crippen LogP contribution in [0.3, 0.4) is 0 Å². The van der Waals surface area contributed by atoms with E-state index in [1.807, 2.05) is 11.0 Å². The van der Waals surface area contributed by atoms with Crippen molar-refractivity contribution in [1.29, 1.82) is 0 Å². The van der Waals surface area contributed by atoms with Gasteiger partial charge in [-0.05, 0) is 50.2 Å². The molecule has 0 saturated carbocycles. The Bertz CT molecular complexity index is 852. The van der Waals surface area contributed by atoms with Crippen LogP contribution in [0.1, 0.15) is 65.0 Å². The van der Waals surface area contributed by atoms with Crippen LogP contribution in [0.4, 0.5) is 0 Å². The lowest BCUT2D eigenvalue weighted by atomic mass is 9.94. The number of carbonyl (C=O) groups is 1. The third kappa shape index (κ3) is 3.14. The van der Waals surface area contributed by atoms with Crippen molar-refractivity contribution in [3.63, 3.8) is 0 Å². The van der Waals surface area contributed by atoms with E-state index >= 15 is 0 Å². The van der Waals surface area contributed by atoms with E-state index in [1.54, 1.807) is 0 Å². The Morgan fingerprint density at radius 3 is 2.81 bits per heavy atom. The molecule has 7 nitrogen and oxygen atoms in total. The highest BCUT2D eigenvalue weighted by molar-refractivity contribution is 5.92. The minimum absolute atomic E-state index is 0.0781. The van der Waals surface area contributed by atoms with Crippen LogP contribution in [-0.4, -0.2) is 50.2 Å². The molecule has 0 bridgehead atoms. The minimum atomic E-state index is 0.0781. The summed E-state index contributed by atoms with van der Waals surface area (Å²) in [4.78, 5) is 19.6. The molecule has 27 heavy (non-hydrogen) atoms. The van der Waals surface area contributed by atoms with Gasteiger partial charge in [0, 0.05) is 37.8 Å². The molecule has 7 heteroatoms. The van der Waals surface area contributed by atoms with Crippen LogP contribution in [-0.2, 0) is 25.9 Å². The van der Waals surface area contributed by atoms with Crippen molar-refractivity contribution in [2.24, 2.45) is 0 Å². The van der Waals surface area contributed by atoms with Gasteiger partial charge in [0.15, 0.2) is 0 Å². The van der Waals surface area contributed by atoms with Crippen molar-refractivity contribution < 1.29 is 4.79 Å². The zero-order chi connectivity index (χ0) is 18.2. The number of pyridine rings is 1. The number of hydrogen-bond acceptors (Lipinski definition) is 5. The van der Waals surface area contributed by atoms with Gasteiger partial charge in [-0.3, -0.25) is 4.79 Å². The van der Waals surface area contributed by atoms with Crippen LogP contribution in [0.5, 0.6) is 0 Å². The van der Waals surface area contributed by atoms with Gasteiger partial charge in [0.05, 0.1) is 6.54 Å². The zero-order valence-corrected chi connectivity index (χ0v) is 15.7. The molecular formula is C20H26N6O. The second kappa shape index (κ2) is 7.03. The topological polar surface area (TPSA) is 75.9 Å². The Balaban J connectivity index is 1.26. The molecule has 1 amide bonds. The van der Waals surface area contributed by atoms with Crippen molar-refractivity contribution in [2.45, 2.75) is 57.5 Å². The molecule has 2 aromatic heterocycles. The Hall–Kier alpha value is -2.28. The molecule has 1 fully saturated rings. The smallest absolute Gasteiger partial charge is 0.272 e. The van der Waals surface area contributed by atoms with E-state index in [9.17, 15) is 4.79 Å². The van der Waals surface area contributed by atoms with Crippen molar-refractivity contribution in [3.8, 4) is 0 Å². The number of amides is 1. The lowest BCUT2D eigenvalue weighted by Gasteiger charge is -2.32. The van der Waals surface area contributed by atoms with Crippen molar-refractivity contribution in [2.75, 3.05) is 19.6 Å². The fourth-order valence-corrected chi connectivity index (χ4v) is 4.62. The van der Waals surface area contributed by atoms with Crippen LogP contribution < -0.4 is 5.32 Å². The maximum absolute atomic E-state index is 12.9. The molecule has 1 saturated heterocycles. The molecule has 0 aromatic carbocycles. The van der Waals surface area contributed by atoms with Gasteiger partial charge in [-0.1, -0.05) is 6.07 Å². The van der Waals surface area contributed by atoms with E-state index in [0.717, 1.165) is 75.7 Å². The fourth-order valence-electron chi connectivity index (χ4n) is 4.62. The highest BCUT2D eigenvalue weighted by atomic mass is 16.2. The largest absolute Gasteiger partial charge is 0.337 e. The highest BCUT2D eigenvalue weighted by Crippen LogP contribution is 2.29. The number of likely N-dealkylation sites (tertiary alicyclic amines) is 1. The average molecular weight is 366 g/mol. The molecule has 1 N–H and O–H groups in total. The monoisotopic (exact) mass is 366 g/mol. The lowest BCUT2D eigenvalue weighted by Crippen LogP contribution is -2.39. The van der Waals surface area contributed by atoms with E-state index in [4.69, 9.17) is 4.98 Å². The van der Waals surface area contributed by atoms with Crippen LogP contribution in [0, 0.1) is 0 Å². The van der Waals surface area contributed by atoms with Crippen LogP contribution in [0.2, 0.25) is 0 Å². The molecule has 0 radical (unpaired) electrons. The number of rotatable bonds is 2. The Kier molecular flexibility index (Phi) is 4.39. The van der Waals surface area contributed by atoms with Crippen LogP contribution in [0.15, 0.2) is 12.1 Å². The zero-order valence-electron chi connectivity index (χ0n) is 15.7. The Labute approximate surface area is 159 Å². The number of hydrogen-bond donors (Lipinski definition) is 1. The number of aromatic nitrogens is 4. The number of carbonyl (C=O) groups excluding carboxylic acids is 1. The summed E-state index contributed by atoms with van der Waals surface area (Å²) in [6, 6.07) is 4.03. The lowest BCUT2D eigenvalue weighted by molar-refractivity contribution is 0.0703. The first-order chi connectivity index (χ1) is 13.3. The van der Waals surface area contributed by atoms with Gasteiger partial charge in [0.1, 0.15) is 17.3 Å². The molecule has 5 rings (SSSR count). The van der Waals surface area contributed by atoms with Gasteiger partial charge in [-0.25, -0.2) is 4.98 Å². The van der Waals surface area contributed by atoms with E-state index in [-0.39, 0.29) is 5.91 Å². The number of nitrogens with one attached hydrogen (secondary N) is 1. The van der Waals surface area contributed by atoms with Gasteiger partial charge >= 0.3 is 0 Å². The van der Waals surface area contributed by atoms with E-state index in [0.29, 0.717) is 11.6 Å². The second-order valence-electron chi connectivity index (χ2n) is 7.88. The third-order valence-corrected chi connectivity index (χ3v) is 6.20. The predicted molar refractivity (Wildman–Crippen MR) is 100 cm³/mol. The normalized spacial score (nSPS) is 20.2. The molecule has 1 aliphatic carbocycles. The van der Waals surface area contributed by atoms with Gasteiger partial charge in [0.25, 0.3) is 5.91 Å². The number of nitrogens with zero attached hydrogens (tertiary/aromatic N) is 5. The summed E-state index contributed by atoms with van der Waals surface area (Å²) >= 11 is 0. The van der Waals surface area contributed by atoms with Crippen LogP contribution >= 0.6 is 0 Å². The van der Waals surface area contributed by atoms with E-state index < -0.39 is 0 Å². The SMILES string of the molecule is O=C(c1ccc2c(n1)CCCC2)N1CCC(c2nnc3n2CCNC3)CC1. The number of fused-ring (bicyclic) bond motifs is 2. The van der Waals surface area contributed by atoms with Gasteiger partial charge < -0.3 is 14.8 Å².